The van der Waals surface area contributed by atoms with Crippen LogP contribution in [0.15, 0.2) is 12.4 Å². The van der Waals surface area contributed by atoms with Gasteiger partial charge >= 0.3 is 0 Å². The molecule has 2 heterocycles. The Morgan fingerprint density at radius 2 is 2.38 bits per heavy atom. The van der Waals surface area contributed by atoms with Crippen LogP contribution in [0.5, 0.6) is 0 Å². The van der Waals surface area contributed by atoms with Crippen molar-refractivity contribution in [3.8, 4) is 0 Å². The molecule has 4 heteroatoms. The molecule has 13 heavy (non-hydrogen) atoms. The predicted octanol–water partition coefficient (Wildman–Crippen LogP) is 0.508. The van der Waals surface area contributed by atoms with E-state index in [4.69, 9.17) is 0 Å². The molecule has 0 unspecified atom stereocenters. The lowest BCUT2D eigenvalue weighted by molar-refractivity contribution is -0.651. The highest BCUT2D eigenvalue weighted by Crippen LogP contribution is 2.09. The molecule has 0 aliphatic heterocycles. The van der Waals surface area contributed by atoms with Crippen LogP contribution in [-0.4, -0.2) is 16.3 Å². The second kappa shape index (κ2) is 2.65. The van der Waals surface area contributed by atoms with Crippen molar-refractivity contribution in [2.45, 2.75) is 6.92 Å². The van der Waals surface area contributed by atoms with Crippen molar-refractivity contribution in [2.24, 2.45) is 7.05 Å². The summed E-state index contributed by atoms with van der Waals surface area (Å²) in [6, 6.07) is 0. The summed E-state index contributed by atoms with van der Waals surface area (Å²) in [6.45, 7) is 1.95. The summed E-state index contributed by atoms with van der Waals surface area (Å²) < 4.78 is 1.95. The zero-order chi connectivity index (χ0) is 9.42. The summed E-state index contributed by atoms with van der Waals surface area (Å²) in [6.07, 6.45) is 4.28. The van der Waals surface area contributed by atoms with Gasteiger partial charge in [-0.1, -0.05) is 0 Å². The Kier molecular flexibility index (Phi) is 1.62. The number of rotatable bonds is 1. The maximum Gasteiger partial charge on any atom is 0.260 e. The van der Waals surface area contributed by atoms with Gasteiger partial charge in [-0.25, -0.2) is 4.98 Å². The molecule has 2 aromatic heterocycles. The van der Waals surface area contributed by atoms with E-state index in [-0.39, 0.29) is 0 Å². The number of H-pyrrole nitrogens is 1. The topological polar surface area (TPSA) is 49.6 Å². The summed E-state index contributed by atoms with van der Waals surface area (Å²) in [5.41, 5.74) is 3.27. The van der Waals surface area contributed by atoms with Crippen LogP contribution < -0.4 is 4.57 Å². The molecule has 2 rings (SSSR count). The number of nitrogens with zero attached hydrogens (tertiary/aromatic N) is 2. The summed E-state index contributed by atoms with van der Waals surface area (Å²) >= 11 is 0. The number of hydrogen-bond acceptors (Lipinski definition) is 2. The van der Waals surface area contributed by atoms with Gasteiger partial charge in [0.05, 0.1) is 6.20 Å². The van der Waals surface area contributed by atoms with Crippen LogP contribution in [-0.2, 0) is 7.05 Å². The SMILES string of the molecule is Cc1cnc2[nH]cc(C=O)c2[n+]1C. The van der Waals surface area contributed by atoms with Crippen LogP contribution in [0.3, 0.4) is 0 Å². The van der Waals surface area contributed by atoms with Crippen molar-refractivity contribution in [2.75, 3.05) is 0 Å². The van der Waals surface area contributed by atoms with Gasteiger partial charge < -0.3 is 4.98 Å². The molecule has 0 aromatic carbocycles. The number of nitrogens with one attached hydrogen (secondary N) is 1. The van der Waals surface area contributed by atoms with E-state index >= 15 is 0 Å². The molecule has 0 amide bonds. The van der Waals surface area contributed by atoms with E-state index in [0.717, 1.165) is 23.1 Å². The van der Waals surface area contributed by atoms with E-state index in [1.165, 1.54) is 0 Å². The minimum absolute atomic E-state index is 0.647. The Hall–Kier alpha value is -1.71. The predicted molar refractivity (Wildman–Crippen MR) is 47.4 cm³/mol. The van der Waals surface area contributed by atoms with Crippen molar-refractivity contribution < 1.29 is 9.36 Å². The number of fused-ring (bicyclic) bond motifs is 1. The summed E-state index contributed by atoms with van der Waals surface area (Å²) in [7, 11) is 1.92. The highest BCUT2D eigenvalue weighted by atomic mass is 16.1. The van der Waals surface area contributed by atoms with Gasteiger partial charge in [0.25, 0.3) is 5.52 Å². The molecule has 0 fully saturated rings. The molecule has 4 nitrogen and oxygen atoms in total. The first-order valence-electron chi connectivity index (χ1n) is 4.02. The van der Waals surface area contributed by atoms with Gasteiger partial charge in [0.1, 0.15) is 12.6 Å². The Labute approximate surface area is 75.2 Å². The molecule has 0 atom stereocenters. The third-order valence-electron chi connectivity index (χ3n) is 2.23. The number of aromatic amines is 1. The van der Waals surface area contributed by atoms with E-state index in [2.05, 4.69) is 9.97 Å². The number of hydrogen-bond donors (Lipinski definition) is 1. The fraction of sp³-hybridized carbons (Fsp3) is 0.222. The lowest BCUT2D eigenvalue weighted by atomic mass is 10.3. The van der Waals surface area contributed by atoms with Gasteiger partial charge in [-0.3, -0.25) is 4.79 Å². The number of aldehydes is 1. The van der Waals surface area contributed by atoms with Gasteiger partial charge in [0.15, 0.2) is 12.0 Å². The van der Waals surface area contributed by atoms with Crippen molar-refractivity contribution in [3.63, 3.8) is 0 Å². The first-order chi connectivity index (χ1) is 6.24. The molecule has 0 aliphatic carbocycles. The fourth-order valence-corrected chi connectivity index (χ4v) is 1.38. The standard InChI is InChI=1S/C9H9N3O/c1-6-3-10-9-8(12(6)2)7(5-13)4-11-9/h3-5H,1-2H3/p+1. The molecule has 2 aromatic rings. The Morgan fingerprint density at radius 3 is 3.08 bits per heavy atom. The average molecular weight is 176 g/mol. The van der Waals surface area contributed by atoms with Crippen molar-refractivity contribution in [1.82, 2.24) is 9.97 Å². The molecular formula is C9H10N3O+. The third-order valence-corrected chi connectivity index (χ3v) is 2.23. The van der Waals surface area contributed by atoms with Gasteiger partial charge in [0, 0.05) is 13.1 Å². The lowest BCUT2D eigenvalue weighted by Gasteiger charge is -1.93. The average Bonchev–Trinajstić information content (AvgIpc) is 2.55. The zero-order valence-electron chi connectivity index (χ0n) is 7.53. The second-order valence-electron chi connectivity index (χ2n) is 3.02. The monoisotopic (exact) mass is 176 g/mol. The lowest BCUT2D eigenvalue weighted by Crippen LogP contribution is -2.33. The second-order valence-corrected chi connectivity index (χ2v) is 3.02. The number of aromatic nitrogens is 3. The molecule has 0 bridgehead atoms. The van der Waals surface area contributed by atoms with E-state index < -0.39 is 0 Å². The van der Waals surface area contributed by atoms with Crippen LogP contribution >= 0.6 is 0 Å². The van der Waals surface area contributed by atoms with E-state index in [1.54, 1.807) is 12.4 Å². The summed E-state index contributed by atoms with van der Waals surface area (Å²) in [4.78, 5) is 17.8. The minimum Gasteiger partial charge on any atom is -0.340 e. The smallest absolute Gasteiger partial charge is 0.260 e. The van der Waals surface area contributed by atoms with E-state index in [9.17, 15) is 4.79 Å². The Balaban J connectivity index is 2.93. The fourth-order valence-electron chi connectivity index (χ4n) is 1.38. The maximum atomic E-state index is 10.7. The van der Waals surface area contributed by atoms with Crippen LogP contribution in [0.1, 0.15) is 16.1 Å². The van der Waals surface area contributed by atoms with Crippen molar-refractivity contribution in [1.29, 1.82) is 0 Å². The first-order valence-corrected chi connectivity index (χ1v) is 4.02. The van der Waals surface area contributed by atoms with Gasteiger partial charge in [0.2, 0.25) is 5.65 Å². The van der Waals surface area contributed by atoms with Gasteiger partial charge in [-0.15, -0.1) is 0 Å². The van der Waals surface area contributed by atoms with Crippen LogP contribution in [0.4, 0.5) is 0 Å². The Morgan fingerprint density at radius 1 is 1.62 bits per heavy atom. The van der Waals surface area contributed by atoms with Crippen LogP contribution in [0.2, 0.25) is 0 Å². The van der Waals surface area contributed by atoms with Crippen LogP contribution in [0.25, 0.3) is 11.2 Å². The van der Waals surface area contributed by atoms with Gasteiger partial charge in [-0.05, 0) is 0 Å². The molecule has 0 saturated heterocycles. The quantitative estimate of drug-likeness (QED) is 0.508. The highest BCUT2D eigenvalue weighted by molar-refractivity contribution is 5.91. The molecule has 0 aliphatic rings. The number of carbonyl (C=O) groups excluding carboxylic acids is 1. The minimum atomic E-state index is 0.647. The summed E-state index contributed by atoms with van der Waals surface area (Å²) in [5.74, 6) is 0. The maximum absolute atomic E-state index is 10.7. The first kappa shape index (κ1) is 7.91. The van der Waals surface area contributed by atoms with Crippen molar-refractivity contribution in [3.05, 3.63) is 23.7 Å². The molecule has 0 spiro atoms. The zero-order valence-corrected chi connectivity index (χ0v) is 7.53. The Bertz CT molecular complexity index is 473. The van der Waals surface area contributed by atoms with E-state index in [0.29, 0.717) is 5.56 Å². The highest BCUT2D eigenvalue weighted by Gasteiger charge is 2.15. The molecule has 0 radical (unpaired) electrons. The van der Waals surface area contributed by atoms with Gasteiger partial charge in [-0.2, -0.15) is 4.57 Å². The largest absolute Gasteiger partial charge is 0.340 e. The summed E-state index contributed by atoms with van der Waals surface area (Å²) in [5, 5.41) is 0. The molecule has 0 saturated carbocycles. The molecule has 1 N–H and O–H groups in total. The molecular weight excluding hydrogens is 166 g/mol. The normalized spacial score (nSPS) is 10.6. The van der Waals surface area contributed by atoms with Crippen LogP contribution in [0, 0.1) is 6.92 Å². The number of carbonyl (C=O) groups is 1. The third kappa shape index (κ3) is 1.02. The number of aryl methyl sites for hydroxylation is 2. The van der Waals surface area contributed by atoms with Crippen molar-refractivity contribution >= 4 is 17.5 Å². The van der Waals surface area contributed by atoms with E-state index in [1.807, 2.05) is 18.5 Å². The molecule has 66 valence electrons.